The second kappa shape index (κ2) is 12.3. The van der Waals surface area contributed by atoms with Gasteiger partial charge in [-0.15, -0.1) is 0 Å². The molecule has 2 atom stereocenters. The summed E-state index contributed by atoms with van der Waals surface area (Å²) in [6.07, 6.45) is 1.11. The zero-order valence-electron chi connectivity index (χ0n) is 24.5. The van der Waals surface area contributed by atoms with Gasteiger partial charge in [-0.25, -0.2) is 14.2 Å². The summed E-state index contributed by atoms with van der Waals surface area (Å²) in [7, 11) is 1.55. The molecular formula is C30H36FN7O4. The number of hydrogen-bond acceptors (Lipinski definition) is 8. The number of aromatic nitrogens is 3. The minimum absolute atomic E-state index is 0.0647. The average molecular weight is 578 g/mol. The fraction of sp³-hybridized carbons (Fsp3) is 0.333. The predicted octanol–water partition coefficient (Wildman–Crippen LogP) is 5.51. The molecule has 5 N–H and O–H groups in total. The van der Waals surface area contributed by atoms with Gasteiger partial charge in [0.05, 0.1) is 36.5 Å². The zero-order chi connectivity index (χ0) is 30.6. The third-order valence-corrected chi connectivity index (χ3v) is 6.46. The van der Waals surface area contributed by atoms with Crippen LogP contribution in [0, 0.1) is 5.82 Å². The summed E-state index contributed by atoms with van der Waals surface area (Å²) in [5.41, 5.74) is 7.02. The van der Waals surface area contributed by atoms with Crippen LogP contribution in [0.3, 0.4) is 0 Å². The Hall–Kier alpha value is -4.87. The molecule has 2 amide bonds. The number of halogens is 1. The topological polar surface area (TPSA) is 145 Å². The number of nitrogens with two attached hydrogens (primary N) is 1. The molecule has 0 aliphatic carbocycles. The van der Waals surface area contributed by atoms with Crippen molar-refractivity contribution in [3.05, 3.63) is 71.7 Å². The third-order valence-electron chi connectivity index (χ3n) is 6.46. The molecule has 0 spiro atoms. The number of hydrogen-bond donors (Lipinski definition) is 4. The lowest BCUT2D eigenvalue weighted by atomic mass is 10.00. The van der Waals surface area contributed by atoms with E-state index in [-0.39, 0.29) is 17.2 Å². The van der Waals surface area contributed by atoms with Crippen molar-refractivity contribution in [1.29, 1.82) is 0 Å². The molecule has 222 valence electrons. The third kappa shape index (κ3) is 7.06. The van der Waals surface area contributed by atoms with Crippen LogP contribution in [-0.4, -0.2) is 45.5 Å². The summed E-state index contributed by atoms with van der Waals surface area (Å²) in [5.74, 6) is -1.09. The van der Waals surface area contributed by atoms with Crippen molar-refractivity contribution in [2.75, 3.05) is 17.7 Å². The lowest BCUT2D eigenvalue weighted by Crippen LogP contribution is -2.42. The highest BCUT2D eigenvalue weighted by Gasteiger charge is 2.26. The van der Waals surface area contributed by atoms with Gasteiger partial charge in [-0.3, -0.25) is 9.48 Å². The van der Waals surface area contributed by atoms with Gasteiger partial charge in [0.25, 0.3) is 5.91 Å². The lowest BCUT2D eigenvalue weighted by molar-refractivity contribution is 0.0503. The first-order valence-electron chi connectivity index (χ1n) is 13.5. The highest BCUT2D eigenvalue weighted by molar-refractivity contribution is 5.99. The Morgan fingerprint density at radius 2 is 1.81 bits per heavy atom. The Bertz CT molecular complexity index is 1580. The number of nitrogens with zero attached hydrogens (tertiary/aromatic N) is 3. The fourth-order valence-corrected chi connectivity index (χ4v) is 4.46. The van der Waals surface area contributed by atoms with Crippen LogP contribution >= 0.6 is 0 Å². The average Bonchev–Trinajstić information content (AvgIpc) is 3.34. The molecule has 12 heteroatoms. The number of primary amides is 1. The van der Waals surface area contributed by atoms with Crippen molar-refractivity contribution >= 4 is 40.2 Å². The van der Waals surface area contributed by atoms with Crippen molar-refractivity contribution < 1.29 is 23.5 Å². The largest absolute Gasteiger partial charge is 0.497 e. The fourth-order valence-electron chi connectivity index (χ4n) is 4.46. The summed E-state index contributed by atoms with van der Waals surface area (Å²) >= 11 is 0. The molecule has 2 aromatic carbocycles. The number of fused-ring (bicyclic) bond motifs is 1. The van der Waals surface area contributed by atoms with Gasteiger partial charge in [0.2, 0.25) is 0 Å². The number of carbonyl (C=O) groups excluding carboxylic acids is 2. The van der Waals surface area contributed by atoms with E-state index in [0.717, 1.165) is 17.0 Å². The number of alkyl carbamates (subject to hydrolysis) is 1. The number of pyridine rings is 1. The molecule has 0 bridgehead atoms. The summed E-state index contributed by atoms with van der Waals surface area (Å²) in [6, 6.07) is 12.5. The van der Waals surface area contributed by atoms with Crippen molar-refractivity contribution in [3.63, 3.8) is 0 Å². The molecule has 11 nitrogen and oxygen atoms in total. The number of nitrogens with one attached hydrogen (secondary N) is 3. The predicted molar refractivity (Wildman–Crippen MR) is 160 cm³/mol. The van der Waals surface area contributed by atoms with E-state index in [9.17, 15) is 9.59 Å². The molecule has 42 heavy (non-hydrogen) atoms. The van der Waals surface area contributed by atoms with Crippen LogP contribution in [0.15, 0.2) is 54.7 Å². The molecule has 4 aromatic rings. The van der Waals surface area contributed by atoms with E-state index in [2.05, 4.69) is 26.0 Å². The van der Waals surface area contributed by atoms with Crippen LogP contribution in [0.2, 0.25) is 0 Å². The molecule has 0 radical (unpaired) electrons. The van der Waals surface area contributed by atoms with Gasteiger partial charge in [0.1, 0.15) is 17.2 Å². The van der Waals surface area contributed by atoms with Gasteiger partial charge in [-0.2, -0.15) is 5.10 Å². The molecule has 4 rings (SSSR count). The van der Waals surface area contributed by atoms with E-state index < -0.39 is 35.5 Å². The number of benzene rings is 2. The Balaban J connectivity index is 1.69. The van der Waals surface area contributed by atoms with Gasteiger partial charge in [0, 0.05) is 17.6 Å². The smallest absolute Gasteiger partial charge is 0.407 e. The number of carbonyl (C=O) groups is 2. The maximum Gasteiger partial charge on any atom is 0.407 e. The number of aryl methyl sites for hydroxylation is 1. The van der Waals surface area contributed by atoms with Gasteiger partial charge in [0.15, 0.2) is 11.6 Å². The maximum atomic E-state index is 15.4. The second-order valence-electron chi connectivity index (χ2n) is 10.8. The highest BCUT2D eigenvalue weighted by Crippen LogP contribution is 2.30. The van der Waals surface area contributed by atoms with E-state index >= 15 is 4.39 Å². The van der Waals surface area contributed by atoms with E-state index in [4.69, 9.17) is 15.2 Å². The first kappa shape index (κ1) is 30.1. The molecule has 2 aromatic heterocycles. The zero-order valence-corrected chi connectivity index (χ0v) is 24.5. The molecule has 0 aliphatic heterocycles. The van der Waals surface area contributed by atoms with Crippen molar-refractivity contribution in [1.82, 2.24) is 20.1 Å². The first-order chi connectivity index (χ1) is 19.9. The second-order valence-corrected chi connectivity index (χ2v) is 10.8. The van der Waals surface area contributed by atoms with Gasteiger partial charge in [-0.1, -0.05) is 12.1 Å². The minimum atomic E-state index is -0.845. The Morgan fingerprint density at radius 3 is 2.43 bits per heavy atom. The van der Waals surface area contributed by atoms with E-state index in [1.165, 1.54) is 0 Å². The summed E-state index contributed by atoms with van der Waals surface area (Å²) in [5, 5.41) is 14.2. The normalized spacial score (nSPS) is 12.8. The molecule has 0 fully saturated rings. The molecule has 0 saturated heterocycles. The van der Waals surface area contributed by atoms with Crippen LogP contribution in [0.25, 0.3) is 10.9 Å². The SMILES string of the molecule is CCn1ncc2cc(Nc3nc(N[C@H](c4ccc(OC)cc4)[C@H](C)NC(=O)OC(C)(C)C)c(F)cc3C(N)=O)ccc21. The molecule has 0 aliphatic rings. The highest BCUT2D eigenvalue weighted by atomic mass is 19.1. The van der Waals surface area contributed by atoms with E-state index in [0.29, 0.717) is 23.5 Å². The van der Waals surface area contributed by atoms with Crippen LogP contribution in [-0.2, 0) is 11.3 Å². The monoisotopic (exact) mass is 577 g/mol. The standard InChI is InChI=1S/C30H36FN7O4/c1-7-38-24-13-10-20(14-19(24)16-33-38)35-27-22(26(32)39)15-23(31)28(37-27)36-25(18-8-11-21(41-6)12-9-18)17(2)34-29(40)42-30(3,4)5/h8-17,25H,7H2,1-6H3,(H2,32,39)(H,34,40)(H2,35,36,37)/t17-,25-/m0/s1. The van der Waals surface area contributed by atoms with E-state index in [1.807, 2.05) is 29.8 Å². The van der Waals surface area contributed by atoms with Crippen molar-refractivity contribution in [2.24, 2.45) is 5.73 Å². The Labute approximate surface area is 243 Å². The minimum Gasteiger partial charge on any atom is -0.497 e. The maximum absolute atomic E-state index is 15.4. The number of anilines is 3. The quantitative estimate of drug-likeness (QED) is 0.193. The summed E-state index contributed by atoms with van der Waals surface area (Å²) in [6.45, 7) is 9.76. The van der Waals surface area contributed by atoms with Crippen LogP contribution < -0.4 is 26.4 Å². The van der Waals surface area contributed by atoms with Crippen LogP contribution in [0.5, 0.6) is 5.75 Å². The van der Waals surface area contributed by atoms with Crippen LogP contribution in [0.1, 0.15) is 56.6 Å². The van der Waals surface area contributed by atoms with Gasteiger partial charge >= 0.3 is 6.09 Å². The van der Waals surface area contributed by atoms with Crippen LogP contribution in [0.4, 0.5) is 26.5 Å². The Kier molecular flexibility index (Phi) is 8.84. The van der Waals surface area contributed by atoms with Gasteiger partial charge in [-0.05, 0) is 76.6 Å². The number of rotatable bonds is 10. The van der Waals surface area contributed by atoms with E-state index in [1.54, 1.807) is 65.3 Å². The van der Waals surface area contributed by atoms with Gasteiger partial charge < -0.3 is 31.2 Å². The first-order valence-corrected chi connectivity index (χ1v) is 13.5. The summed E-state index contributed by atoms with van der Waals surface area (Å²) < 4.78 is 28.0. The molecule has 2 heterocycles. The van der Waals surface area contributed by atoms with Crippen molar-refractivity contribution in [3.8, 4) is 5.75 Å². The lowest BCUT2D eigenvalue weighted by Gasteiger charge is -2.29. The number of methoxy groups -OCH3 is 1. The number of ether oxygens (including phenoxy) is 2. The van der Waals surface area contributed by atoms with Crippen molar-refractivity contribution in [2.45, 2.75) is 58.8 Å². The molecular weight excluding hydrogens is 541 g/mol. The molecule has 0 saturated carbocycles. The molecule has 0 unspecified atom stereocenters. The summed E-state index contributed by atoms with van der Waals surface area (Å²) in [4.78, 5) is 29.2. The number of amides is 2. The Morgan fingerprint density at radius 1 is 1.10 bits per heavy atom.